The van der Waals surface area contributed by atoms with Gasteiger partial charge in [-0.3, -0.25) is 4.79 Å². The first-order chi connectivity index (χ1) is 14.3. The quantitative estimate of drug-likeness (QED) is 0.603. The summed E-state index contributed by atoms with van der Waals surface area (Å²) in [5.41, 5.74) is 3.83. The van der Waals surface area contributed by atoms with Gasteiger partial charge < -0.3 is 10.1 Å². The number of nitrogens with one attached hydrogen (secondary N) is 1. The van der Waals surface area contributed by atoms with E-state index in [1.165, 1.54) is 10.1 Å². The van der Waals surface area contributed by atoms with Crippen molar-refractivity contribution in [1.29, 1.82) is 0 Å². The van der Waals surface area contributed by atoms with Crippen LogP contribution in [-0.2, 0) is 16.0 Å². The Morgan fingerprint density at radius 2 is 1.83 bits per heavy atom. The number of carbonyl (C=O) groups excluding carboxylic acids is 2. The first-order valence-corrected chi connectivity index (χ1v) is 10.0. The van der Waals surface area contributed by atoms with Gasteiger partial charge in [0.2, 0.25) is 0 Å². The fourth-order valence-electron chi connectivity index (χ4n) is 3.26. The SMILES string of the molecule is CCc1ccc([C@H](NC(=O)COC(=O)c2nc3nc(C)cc(C)n3n2)C(C)C)cc1. The highest BCUT2D eigenvalue weighted by Gasteiger charge is 2.21. The van der Waals surface area contributed by atoms with Crippen LogP contribution in [0, 0.1) is 19.8 Å². The lowest BCUT2D eigenvalue weighted by Crippen LogP contribution is -2.35. The summed E-state index contributed by atoms with van der Waals surface area (Å²) in [5.74, 6) is -0.773. The van der Waals surface area contributed by atoms with Gasteiger partial charge in [-0.2, -0.15) is 4.98 Å². The molecule has 2 heterocycles. The van der Waals surface area contributed by atoms with Crippen LogP contribution in [0.4, 0.5) is 0 Å². The number of amides is 1. The van der Waals surface area contributed by atoms with Gasteiger partial charge in [0.05, 0.1) is 6.04 Å². The van der Waals surface area contributed by atoms with Gasteiger partial charge in [0, 0.05) is 11.4 Å². The van der Waals surface area contributed by atoms with E-state index in [4.69, 9.17) is 4.74 Å². The molecule has 3 aromatic rings. The molecule has 0 aliphatic rings. The highest BCUT2D eigenvalue weighted by molar-refractivity contribution is 5.88. The average molecular weight is 409 g/mol. The van der Waals surface area contributed by atoms with Crippen LogP contribution >= 0.6 is 0 Å². The Hall–Kier alpha value is -3.29. The molecule has 0 aliphatic carbocycles. The van der Waals surface area contributed by atoms with E-state index in [1.54, 1.807) is 0 Å². The normalized spacial score (nSPS) is 12.2. The Bertz CT molecular complexity index is 1060. The van der Waals surface area contributed by atoms with Gasteiger partial charge in [-0.1, -0.05) is 45.0 Å². The summed E-state index contributed by atoms with van der Waals surface area (Å²) >= 11 is 0. The van der Waals surface area contributed by atoms with Crippen molar-refractivity contribution in [3.05, 3.63) is 58.7 Å². The summed E-state index contributed by atoms with van der Waals surface area (Å²) in [6.45, 7) is 9.44. The maximum absolute atomic E-state index is 12.4. The minimum Gasteiger partial charge on any atom is -0.450 e. The molecular weight excluding hydrogens is 382 g/mol. The molecule has 0 fully saturated rings. The predicted octanol–water partition coefficient (Wildman–Crippen LogP) is 2.97. The summed E-state index contributed by atoms with van der Waals surface area (Å²) < 4.78 is 6.60. The molecule has 1 amide bonds. The molecule has 0 radical (unpaired) electrons. The van der Waals surface area contributed by atoms with Crippen LogP contribution < -0.4 is 5.32 Å². The van der Waals surface area contributed by atoms with Crippen molar-refractivity contribution >= 4 is 17.7 Å². The molecule has 2 aromatic heterocycles. The number of rotatable bonds is 7. The van der Waals surface area contributed by atoms with Crippen molar-refractivity contribution in [2.24, 2.45) is 5.92 Å². The van der Waals surface area contributed by atoms with Crippen LogP contribution in [0.25, 0.3) is 5.78 Å². The number of hydrogen-bond acceptors (Lipinski definition) is 6. The lowest BCUT2D eigenvalue weighted by atomic mass is 9.95. The standard InChI is InChI=1S/C22H27N5O3/c1-6-16-7-9-17(10-8-16)19(13(2)3)24-18(28)12-30-21(29)20-25-22-23-14(4)11-15(5)27(22)26-20/h7-11,13,19H,6,12H2,1-5H3,(H,24,28)/t19-/m1/s1. The van der Waals surface area contributed by atoms with Crippen molar-refractivity contribution in [3.63, 3.8) is 0 Å². The second kappa shape index (κ2) is 9.02. The monoisotopic (exact) mass is 409 g/mol. The number of ether oxygens (including phenoxy) is 1. The molecule has 0 unspecified atom stereocenters. The molecule has 3 rings (SSSR count). The third-order valence-corrected chi connectivity index (χ3v) is 4.87. The Morgan fingerprint density at radius 1 is 1.13 bits per heavy atom. The Kier molecular flexibility index (Phi) is 6.44. The second-order valence-corrected chi connectivity index (χ2v) is 7.65. The molecule has 0 spiro atoms. The van der Waals surface area contributed by atoms with E-state index < -0.39 is 12.6 Å². The molecule has 0 bridgehead atoms. The summed E-state index contributed by atoms with van der Waals surface area (Å²) in [6, 6.07) is 9.82. The zero-order valence-corrected chi connectivity index (χ0v) is 18.0. The molecule has 30 heavy (non-hydrogen) atoms. The van der Waals surface area contributed by atoms with Crippen molar-refractivity contribution < 1.29 is 14.3 Å². The minimum atomic E-state index is -0.763. The zero-order chi connectivity index (χ0) is 21.8. The smallest absolute Gasteiger partial charge is 0.378 e. The van der Waals surface area contributed by atoms with Crippen molar-refractivity contribution in [2.45, 2.75) is 47.1 Å². The van der Waals surface area contributed by atoms with Crippen LogP contribution in [0.2, 0.25) is 0 Å². The van der Waals surface area contributed by atoms with E-state index in [0.717, 1.165) is 23.4 Å². The largest absolute Gasteiger partial charge is 0.450 e. The second-order valence-electron chi connectivity index (χ2n) is 7.65. The van der Waals surface area contributed by atoms with Crippen LogP contribution in [0.1, 0.15) is 59.9 Å². The number of fused-ring (bicyclic) bond motifs is 1. The third-order valence-electron chi connectivity index (χ3n) is 4.87. The van der Waals surface area contributed by atoms with E-state index in [2.05, 4.69) is 39.4 Å². The molecule has 1 aromatic carbocycles. The Balaban J connectivity index is 1.63. The lowest BCUT2D eigenvalue weighted by molar-refractivity contribution is -0.125. The highest BCUT2D eigenvalue weighted by Crippen LogP contribution is 2.22. The van der Waals surface area contributed by atoms with Crippen LogP contribution in [-0.4, -0.2) is 38.1 Å². The van der Waals surface area contributed by atoms with Gasteiger partial charge in [-0.15, -0.1) is 5.10 Å². The molecule has 1 atom stereocenters. The molecule has 158 valence electrons. The van der Waals surface area contributed by atoms with E-state index in [-0.39, 0.29) is 23.7 Å². The Morgan fingerprint density at radius 3 is 2.47 bits per heavy atom. The molecular formula is C22H27N5O3. The van der Waals surface area contributed by atoms with Gasteiger partial charge in [0.25, 0.3) is 17.5 Å². The van der Waals surface area contributed by atoms with Crippen LogP contribution in [0.3, 0.4) is 0 Å². The molecule has 0 saturated heterocycles. The number of hydrogen-bond donors (Lipinski definition) is 1. The van der Waals surface area contributed by atoms with Gasteiger partial charge in [0.1, 0.15) is 0 Å². The van der Waals surface area contributed by atoms with Crippen molar-refractivity contribution in [1.82, 2.24) is 24.9 Å². The molecule has 8 nitrogen and oxygen atoms in total. The van der Waals surface area contributed by atoms with E-state index in [9.17, 15) is 9.59 Å². The number of carbonyl (C=O) groups is 2. The number of aromatic nitrogens is 4. The molecule has 1 N–H and O–H groups in total. The number of benzene rings is 1. The predicted molar refractivity (Wildman–Crippen MR) is 112 cm³/mol. The highest BCUT2D eigenvalue weighted by atomic mass is 16.5. The minimum absolute atomic E-state index is 0.125. The summed E-state index contributed by atoms with van der Waals surface area (Å²) in [5, 5.41) is 7.07. The zero-order valence-electron chi connectivity index (χ0n) is 18.0. The van der Waals surface area contributed by atoms with Crippen LogP contribution in [0.15, 0.2) is 30.3 Å². The van der Waals surface area contributed by atoms with E-state index >= 15 is 0 Å². The lowest BCUT2D eigenvalue weighted by Gasteiger charge is -2.23. The molecule has 0 saturated carbocycles. The van der Waals surface area contributed by atoms with Crippen molar-refractivity contribution in [3.8, 4) is 0 Å². The van der Waals surface area contributed by atoms with Gasteiger partial charge >= 0.3 is 5.97 Å². The van der Waals surface area contributed by atoms with E-state index in [0.29, 0.717) is 5.78 Å². The Labute approximate surface area is 175 Å². The summed E-state index contributed by atoms with van der Waals surface area (Å²) in [4.78, 5) is 33.1. The summed E-state index contributed by atoms with van der Waals surface area (Å²) in [7, 11) is 0. The van der Waals surface area contributed by atoms with E-state index in [1.807, 2.05) is 45.9 Å². The van der Waals surface area contributed by atoms with Gasteiger partial charge in [-0.05, 0) is 43.4 Å². The van der Waals surface area contributed by atoms with Crippen LogP contribution in [0.5, 0.6) is 0 Å². The fraction of sp³-hybridized carbons (Fsp3) is 0.409. The fourth-order valence-corrected chi connectivity index (χ4v) is 3.26. The summed E-state index contributed by atoms with van der Waals surface area (Å²) in [6.07, 6.45) is 0.959. The number of esters is 1. The first-order valence-electron chi connectivity index (χ1n) is 10.0. The average Bonchev–Trinajstić information content (AvgIpc) is 3.14. The maximum atomic E-state index is 12.4. The van der Waals surface area contributed by atoms with Gasteiger partial charge in [-0.25, -0.2) is 14.3 Å². The third kappa shape index (κ3) is 4.82. The topological polar surface area (TPSA) is 98.5 Å². The van der Waals surface area contributed by atoms with Crippen molar-refractivity contribution in [2.75, 3.05) is 6.61 Å². The maximum Gasteiger partial charge on any atom is 0.378 e. The molecule has 0 aliphatic heterocycles. The first kappa shape index (κ1) is 21.4. The van der Waals surface area contributed by atoms with Gasteiger partial charge in [0.15, 0.2) is 6.61 Å². The number of nitrogens with zero attached hydrogens (tertiary/aromatic N) is 4. The molecule has 8 heteroatoms. The number of aryl methyl sites for hydroxylation is 3.